The summed E-state index contributed by atoms with van der Waals surface area (Å²) in [6, 6.07) is 0.373. The number of hydrogen-bond acceptors (Lipinski definition) is 8. The fourth-order valence-corrected chi connectivity index (χ4v) is 5.15. The van der Waals surface area contributed by atoms with Gasteiger partial charge in [0, 0.05) is 12.2 Å². The number of imide groups is 2. The molecule has 0 bridgehead atoms. The number of halogens is 4. The largest absolute Gasteiger partial charge is 0.368 e. The van der Waals surface area contributed by atoms with E-state index in [0.717, 1.165) is 6.07 Å². The number of hydrogen-bond donors (Lipinski definition) is 2. The van der Waals surface area contributed by atoms with E-state index in [1.165, 1.54) is 6.07 Å². The molecule has 5 rings (SSSR count). The van der Waals surface area contributed by atoms with Crippen LogP contribution < -0.4 is 15.5 Å². The van der Waals surface area contributed by atoms with Crippen molar-refractivity contribution < 1.29 is 41.2 Å². The van der Waals surface area contributed by atoms with Gasteiger partial charge in [0.15, 0.2) is 5.41 Å². The molecule has 186 valence electrons. The second-order valence-electron chi connectivity index (χ2n) is 8.56. The van der Waals surface area contributed by atoms with Gasteiger partial charge in [-0.05, 0) is 30.5 Å². The number of alkyl halides is 3. The van der Waals surface area contributed by atoms with Crippen LogP contribution in [-0.4, -0.2) is 59.5 Å². The molecule has 0 aliphatic carbocycles. The second-order valence-corrected chi connectivity index (χ2v) is 8.56. The SMILES string of the molecule is CC[C@@H]1O[C@H](CF)CN2c3cc(F)c(-c4noc(C(F)F)n4)cc3CC3(C(=O)NC(=O)NC3=O)[C@@H]12. The highest BCUT2D eigenvalue weighted by atomic mass is 19.3. The minimum atomic E-state index is -3.06. The Morgan fingerprint density at radius 1 is 1.23 bits per heavy atom. The molecule has 3 atom stereocenters. The number of barbiturate groups is 1. The summed E-state index contributed by atoms with van der Waals surface area (Å²) < 4.78 is 64.9. The Morgan fingerprint density at radius 2 is 1.94 bits per heavy atom. The lowest BCUT2D eigenvalue weighted by molar-refractivity contribution is -0.155. The number of nitrogens with zero attached hydrogens (tertiary/aromatic N) is 3. The van der Waals surface area contributed by atoms with Gasteiger partial charge in [-0.1, -0.05) is 12.1 Å². The molecule has 2 N–H and O–H groups in total. The van der Waals surface area contributed by atoms with E-state index in [2.05, 4.69) is 25.3 Å². The number of urea groups is 1. The van der Waals surface area contributed by atoms with Gasteiger partial charge >= 0.3 is 12.5 Å². The smallest absolute Gasteiger partial charge is 0.328 e. The summed E-state index contributed by atoms with van der Waals surface area (Å²) in [5.41, 5.74) is -1.61. The van der Waals surface area contributed by atoms with Crippen molar-refractivity contribution in [2.45, 2.75) is 44.4 Å². The fraction of sp³-hybridized carbons (Fsp3) is 0.476. The molecule has 3 aliphatic rings. The van der Waals surface area contributed by atoms with E-state index in [9.17, 15) is 27.6 Å². The predicted octanol–water partition coefficient (Wildman–Crippen LogP) is 2.04. The lowest BCUT2D eigenvalue weighted by Crippen LogP contribution is -2.75. The van der Waals surface area contributed by atoms with E-state index in [4.69, 9.17) is 4.74 Å². The molecule has 10 nitrogen and oxygen atoms in total. The van der Waals surface area contributed by atoms with Crippen LogP contribution in [0.4, 0.5) is 28.0 Å². The van der Waals surface area contributed by atoms with Gasteiger partial charge in [0.05, 0.1) is 17.7 Å². The first-order chi connectivity index (χ1) is 16.7. The molecule has 14 heteroatoms. The Labute approximate surface area is 195 Å². The number of benzene rings is 1. The topological polar surface area (TPSA) is 127 Å². The Morgan fingerprint density at radius 3 is 2.54 bits per heavy atom. The minimum absolute atomic E-state index is 0.0998. The summed E-state index contributed by atoms with van der Waals surface area (Å²) in [5, 5.41) is 7.63. The number of amides is 4. The van der Waals surface area contributed by atoms with Crippen LogP contribution in [0.15, 0.2) is 16.7 Å². The molecule has 2 fully saturated rings. The van der Waals surface area contributed by atoms with E-state index in [1.807, 2.05) is 0 Å². The third-order valence-corrected chi connectivity index (χ3v) is 6.62. The number of carbonyl (C=O) groups excluding carboxylic acids is 3. The predicted molar refractivity (Wildman–Crippen MR) is 109 cm³/mol. The second kappa shape index (κ2) is 8.29. The zero-order valence-electron chi connectivity index (χ0n) is 18.2. The van der Waals surface area contributed by atoms with Crippen molar-refractivity contribution in [2.75, 3.05) is 18.1 Å². The molecule has 1 aromatic carbocycles. The van der Waals surface area contributed by atoms with Gasteiger partial charge in [-0.25, -0.2) is 13.6 Å². The quantitative estimate of drug-likeness (QED) is 0.486. The number of ether oxygens (including phenoxy) is 1. The van der Waals surface area contributed by atoms with Gasteiger partial charge in [0.1, 0.15) is 18.6 Å². The molecule has 4 heterocycles. The highest BCUT2D eigenvalue weighted by Crippen LogP contribution is 2.48. The number of nitrogens with one attached hydrogen (secondary N) is 2. The van der Waals surface area contributed by atoms with Gasteiger partial charge in [0.25, 0.3) is 5.89 Å². The van der Waals surface area contributed by atoms with Crippen molar-refractivity contribution in [3.8, 4) is 11.4 Å². The Kier molecular flexibility index (Phi) is 5.49. The summed E-state index contributed by atoms with van der Waals surface area (Å²) in [4.78, 5) is 43.3. The van der Waals surface area contributed by atoms with Crippen molar-refractivity contribution in [1.82, 2.24) is 20.8 Å². The van der Waals surface area contributed by atoms with Crippen LogP contribution in [-0.2, 0) is 20.7 Å². The van der Waals surface area contributed by atoms with Gasteiger partial charge in [0.2, 0.25) is 17.6 Å². The average Bonchev–Trinajstić information content (AvgIpc) is 3.32. The molecule has 4 amide bonds. The Hall–Kier alpha value is -3.55. The average molecular weight is 497 g/mol. The maximum atomic E-state index is 15.2. The van der Waals surface area contributed by atoms with E-state index < -0.39 is 72.1 Å². The van der Waals surface area contributed by atoms with Crippen LogP contribution in [0.1, 0.15) is 31.2 Å². The molecule has 1 aromatic heterocycles. The zero-order chi connectivity index (χ0) is 25.1. The molecule has 3 aliphatic heterocycles. The third-order valence-electron chi connectivity index (χ3n) is 6.62. The number of morpholine rings is 1. The standard InChI is InChI=1S/C21H19F4N5O5/c1-2-13-14-21(18(31)27-20(33)28-19(21)32)5-8-3-10(16-26-17(15(24)25)35-29-16)11(23)4-12(8)30(14)7-9(6-22)34-13/h3-4,9,13-15H,2,5-7H2,1H3,(H2,27,28,31,32,33)/t9-,13+,14-/m1/s1. The molecule has 1 spiro atoms. The summed E-state index contributed by atoms with van der Waals surface area (Å²) in [6.45, 7) is 0.771. The lowest BCUT2D eigenvalue weighted by Gasteiger charge is -2.56. The van der Waals surface area contributed by atoms with Crippen LogP contribution in [0.25, 0.3) is 11.4 Å². The van der Waals surface area contributed by atoms with Gasteiger partial charge in [-0.3, -0.25) is 20.2 Å². The number of rotatable bonds is 4. The molecule has 2 aromatic rings. The summed E-state index contributed by atoms with van der Waals surface area (Å²) >= 11 is 0. The molecular formula is C21H19F4N5O5. The first kappa shape index (κ1) is 23.2. The Bertz CT molecular complexity index is 1200. The van der Waals surface area contributed by atoms with E-state index >= 15 is 4.39 Å². The maximum absolute atomic E-state index is 15.2. The van der Waals surface area contributed by atoms with Crippen molar-refractivity contribution in [2.24, 2.45) is 5.41 Å². The first-order valence-corrected chi connectivity index (χ1v) is 10.8. The van der Waals surface area contributed by atoms with Crippen LogP contribution in [0.5, 0.6) is 0 Å². The number of carbonyl (C=O) groups is 3. The van der Waals surface area contributed by atoms with Crippen LogP contribution in [0.3, 0.4) is 0 Å². The van der Waals surface area contributed by atoms with Crippen molar-refractivity contribution in [1.29, 1.82) is 0 Å². The lowest BCUT2D eigenvalue weighted by atomic mass is 9.66. The Balaban J connectivity index is 1.69. The van der Waals surface area contributed by atoms with E-state index in [0.29, 0.717) is 6.42 Å². The fourth-order valence-electron chi connectivity index (χ4n) is 5.15. The van der Waals surface area contributed by atoms with Gasteiger partial charge in [-0.15, -0.1) is 0 Å². The summed E-state index contributed by atoms with van der Waals surface area (Å²) in [7, 11) is 0. The van der Waals surface area contributed by atoms with Crippen molar-refractivity contribution >= 4 is 23.5 Å². The highest BCUT2D eigenvalue weighted by molar-refractivity contribution is 6.20. The minimum Gasteiger partial charge on any atom is -0.368 e. The molecule has 0 unspecified atom stereocenters. The zero-order valence-corrected chi connectivity index (χ0v) is 18.2. The number of fused-ring (bicyclic) bond motifs is 4. The van der Waals surface area contributed by atoms with Gasteiger partial charge < -0.3 is 14.2 Å². The number of anilines is 1. The van der Waals surface area contributed by atoms with Gasteiger partial charge in [-0.2, -0.15) is 13.8 Å². The first-order valence-electron chi connectivity index (χ1n) is 10.8. The van der Waals surface area contributed by atoms with Crippen LogP contribution >= 0.6 is 0 Å². The maximum Gasteiger partial charge on any atom is 0.328 e. The summed E-state index contributed by atoms with van der Waals surface area (Å²) in [5.74, 6) is -4.07. The monoisotopic (exact) mass is 497 g/mol. The number of aromatic nitrogens is 2. The molecule has 2 saturated heterocycles. The summed E-state index contributed by atoms with van der Waals surface area (Å²) in [6.07, 6.45) is -4.75. The molecule has 0 saturated carbocycles. The molecule has 0 radical (unpaired) electrons. The van der Waals surface area contributed by atoms with E-state index in [1.54, 1.807) is 11.8 Å². The van der Waals surface area contributed by atoms with Crippen LogP contribution in [0, 0.1) is 11.2 Å². The third kappa shape index (κ3) is 3.46. The normalized spacial score (nSPS) is 25.4. The molecule has 35 heavy (non-hydrogen) atoms. The van der Waals surface area contributed by atoms with Crippen molar-refractivity contribution in [3.63, 3.8) is 0 Å². The van der Waals surface area contributed by atoms with Crippen LogP contribution in [0.2, 0.25) is 0 Å². The highest BCUT2D eigenvalue weighted by Gasteiger charge is 2.63. The van der Waals surface area contributed by atoms with Crippen molar-refractivity contribution in [3.05, 3.63) is 29.4 Å². The van der Waals surface area contributed by atoms with E-state index in [-0.39, 0.29) is 29.8 Å². The molecular weight excluding hydrogens is 478 g/mol.